The lowest BCUT2D eigenvalue weighted by Crippen LogP contribution is -2.30. The summed E-state index contributed by atoms with van der Waals surface area (Å²) in [6.07, 6.45) is 1.32. The second kappa shape index (κ2) is 6.88. The van der Waals surface area contributed by atoms with Gasteiger partial charge in [-0.25, -0.2) is 0 Å². The zero-order valence-corrected chi connectivity index (χ0v) is 11.9. The fourth-order valence-corrected chi connectivity index (χ4v) is 2.17. The van der Waals surface area contributed by atoms with Gasteiger partial charge in [0.25, 0.3) is 0 Å². The van der Waals surface area contributed by atoms with Crippen LogP contribution in [0.5, 0.6) is 5.75 Å². The minimum atomic E-state index is -0.143. The molecule has 112 valence electrons. The van der Waals surface area contributed by atoms with Crippen molar-refractivity contribution in [3.63, 3.8) is 0 Å². The van der Waals surface area contributed by atoms with Crippen LogP contribution >= 0.6 is 0 Å². The summed E-state index contributed by atoms with van der Waals surface area (Å²) in [7, 11) is 1.58. The molecule has 0 aliphatic carbocycles. The molecule has 0 spiro atoms. The van der Waals surface area contributed by atoms with Gasteiger partial charge in [-0.05, 0) is 30.7 Å². The Morgan fingerprint density at radius 1 is 1.19 bits per heavy atom. The molecular formula is C15H18N2O4. The number of nitrogens with one attached hydrogen (secondary N) is 1. The third-order valence-corrected chi connectivity index (χ3v) is 3.31. The maximum absolute atomic E-state index is 11.8. The summed E-state index contributed by atoms with van der Waals surface area (Å²) in [5.41, 5.74) is 0.689. The predicted molar refractivity (Wildman–Crippen MR) is 76.8 cm³/mol. The average Bonchev–Trinajstić information content (AvgIpc) is 2.80. The van der Waals surface area contributed by atoms with Gasteiger partial charge in [-0.3, -0.25) is 19.3 Å². The highest BCUT2D eigenvalue weighted by molar-refractivity contribution is 6.02. The Kier molecular flexibility index (Phi) is 4.92. The number of anilines is 1. The molecule has 1 aliphatic rings. The van der Waals surface area contributed by atoms with E-state index in [2.05, 4.69) is 5.32 Å². The number of rotatable bonds is 6. The number of ether oxygens (including phenoxy) is 1. The molecule has 1 aromatic rings. The third-order valence-electron chi connectivity index (χ3n) is 3.31. The van der Waals surface area contributed by atoms with Gasteiger partial charge in [0.2, 0.25) is 17.7 Å². The second-order valence-corrected chi connectivity index (χ2v) is 4.82. The van der Waals surface area contributed by atoms with Crippen LogP contribution in [-0.2, 0) is 14.4 Å². The van der Waals surface area contributed by atoms with Crippen LogP contribution in [0.2, 0.25) is 0 Å². The van der Waals surface area contributed by atoms with Crippen LogP contribution < -0.4 is 10.1 Å². The summed E-state index contributed by atoms with van der Waals surface area (Å²) in [5, 5.41) is 2.76. The van der Waals surface area contributed by atoms with Gasteiger partial charge in [-0.2, -0.15) is 0 Å². The average molecular weight is 290 g/mol. The van der Waals surface area contributed by atoms with Crippen molar-refractivity contribution >= 4 is 23.4 Å². The van der Waals surface area contributed by atoms with Gasteiger partial charge < -0.3 is 10.1 Å². The number of carbonyl (C=O) groups is 3. The lowest BCUT2D eigenvalue weighted by atomic mass is 10.2. The molecule has 0 aromatic heterocycles. The monoisotopic (exact) mass is 290 g/mol. The fraction of sp³-hybridized carbons (Fsp3) is 0.400. The van der Waals surface area contributed by atoms with E-state index in [-0.39, 0.29) is 37.0 Å². The zero-order valence-electron chi connectivity index (χ0n) is 11.9. The molecule has 0 radical (unpaired) electrons. The van der Waals surface area contributed by atoms with Crippen LogP contribution in [0.4, 0.5) is 5.69 Å². The summed E-state index contributed by atoms with van der Waals surface area (Å²) >= 11 is 0. The van der Waals surface area contributed by atoms with Crippen molar-refractivity contribution in [2.24, 2.45) is 0 Å². The molecule has 0 bridgehead atoms. The van der Waals surface area contributed by atoms with Crippen LogP contribution in [0.1, 0.15) is 25.7 Å². The van der Waals surface area contributed by atoms with Crippen molar-refractivity contribution < 1.29 is 19.1 Å². The van der Waals surface area contributed by atoms with Crippen molar-refractivity contribution in [2.75, 3.05) is 19.0 Å². The largest absolute Gasteiger partial charge is 0.497 e. The van der Waals surface area contributed by atoms with Gasteiger partial charge in [0, 0.05) is 31.5 Å². The maximum Gasteiger partial charge on any atom is 0.229 e. The number of hydrogen-bond acceptors (Lipinski definition) is 4. The van der Waals surface area contributed by atoms with Crippen LogP contribution in [0, 0.1) is 0 Å². The molecule has 0 unspecified atom stereocenters. The molecule has 21 heavy (non-hydrogen) atoms. The van der Waals surface area contributed by atoms with Crippen molar-refractivity contribution in [1.29, 1.82) is 0 Å². The van der Waals surface area contributed by atoms with E-state index in [9.17, 15) is 14.4 Å². The molecule has 0 saturated carbocycles. The molecule has 3 amide bonds. The molecule has 1 aromatic carbocycles. The van der Waals surface area contributed by atoms with Gasteiger partial charge in [0.1, 0.15) is 5.75 Å². The highest BCUT2D eigenvalue weighted by Gasteiger charge is 2.28. The van der Waals surface area contributed by atoms with Crippen molar-refractivity contribution in [3.05, 3.63) is 24.3 Å². The molecule has 1 saturated heterocycles. The van der Waals surface area contributed by atoms with E-state index in [4.69, 9.17) is 4.74 Å². The lowest BCUT2D eigenvalue weighted by Gasteiger charge is -2.13. The summed E-state index contributed by atoms with van der Waals surface area (Å²) in [5.74, 6) is 0.296. The van der Waals surface area contributed by atoms with Crippen LogP contribution in [0.15, 0.2) is 24.3 Å². The molecule has 1 heterocycles. The first-order chi connectivity index (χ1) is 10.1. The fourth-order valence-electron chi connectivity index (χ4n) is 2.17. The third kappa shape index (κ3) is 4.05. The molecule has 6 heteroatoms. The number of carbonyl (C=O) groups excluding carboxylic acids is 3. The first kappa shape index (κ1) is 15.0. The van der Waals surface area contributed by atoms with E-state index in [0.29, 0.717) is 18.7 Å². The van der Waals surface area contributed by atoms with Crippen LogP contribution in [0.3, 0.4) is 0 Å². The van der Waals surface area contributed by atoms with Gasteiger partial charge in [-0.15, -0.1) is 0 Å². The number of likely N-dealkylation sites (tertiary alicyclic amines) is 1. The SMILES string of the molecule is COc1ccc(NC(=O)CCCN2C(=O)CCC2=O)cc1. The number of nitrogens with zero attached hydrogens (tertiary/aromatic N) is 1. The smallest absolute Gasteiger partial charge is 0.229 e. The van der Waals surface area contributed by atoms with Crippen molar-refractivity contribution in [2.45, 2.75) is 25.7 Å². The Morgan fingerprint density at radius 2 is 1.81 bits per heavy atom. The Labute approximate surface area is 123 Å². The minimum absolute atomic E-state index is 0.140. The summed E-state index contributed by atoms with van der Waals surface area (Å²) < 4.78 is 5.03. The highest BCUT2D eigenvalue weighted by Crippen LogP contribution is 2.16. The topological polar surface area (TPSA) is 75.7 Å². The molecule has 1 N–H and O–H groups in total. The van der Waals surface area contributed by atoms with E-state index in [1.165, 1.54) is 4.90 Å². The minimum Gasteiger partial charge on any atom is -0.497 e. The van der Waals surface area contributed by atoms with E-state index in [0.717, 1.165) is 5.75 Å². The number of amides is 3. The number of hydrogen-bond donors (Lipinski definition) is 1. The van der Waals surface area contributed by atoms with E-state index < -0.39 is 0 Å². The van der Waals surface area contributed by atoms with Crippen molar-refractivity contribution in [3.8, 4) is 5.75 Å². The molecule has 1 fully saturated rings. The van der Waals surface area contributed by atoms with E-state index in [1.807, 2.05) is 0 Å². The number of benzene rings is 1. The molecule has 2 rings (SSSR count). The first-order valence-corrected chi connectivity index (χ1v) is 6.87. The Hall–Kier alpha value is -2.37. The predicted octanol–water partition coefficient (Wildman–Crippen LogP) is 1.56. The summed E-state index contributed by atoms with van der Waals surface area (Å²) in [4.78, 5) is 35.8. The molecular weight excluding hydrogens is 272 g/mol. The molecule has 1 aliphatic heterocycles. The molecule has 6 nitrogen and oxygen atoms in total. The van der Waals surface area contributed by atoms with Crippen molar-refractivity contribution in [1.82, 2.24) is 4.90 Å². The van der Waals surface area contributed by atoms with Gasteiger partial charge in [0.15, 0.2) is 0 Å². The van der Waals surface area contributed by atoms with Crippen LogP contribution in [-0.4, -0.2) is 36.3 Å². The molecule has 0 atom stereocenters. The summed E-state index contributed by atoms with van der Waals surface area (Å²) in [6, 6.07) is 7.03. The maximum atomic E-state index is 11.8. The first-order valence-electron chi connectivity index (χ1n) is 6.87. The van der Waals surface area contributed by atoms with Gasteiger partial charge in [0.05, 0.1) is 7.11 Å². The van der Waals surface area contributed by atoms with Gasteiger partial charge >= 0.3 is 0 Å². The lowest BCUT2D eigenvalue weighted by molar-refractivity contribution is -0.138. The summed E-state index contributed by atoms with van der Waals surface area (Å²) in [6.45, 7) is 0.313. The quantitative estimate of drug-likeness (QED) is 0.807. The van der Waals surface area contributed by atoms with E-state index in [1.54, 1.807) is 31.4 Å². The zero-order chi connectivity index (χ0) is 15.2. The van der Waals surface area contributed by atoms with Gasteiger partial charge in [-0.1, -0.05) is 0 Å². The normalized spacial score (nSPS) is 14.4. The Balaban J connectivity index is 1.74. The number of imide groups is 1. The Morgan fingerprint density at radius 3 is 2.38 bits per heavy atom. The second-order valence-electron chi connectivity index (χ2n) is 4.82. The number of methoxy groups -OCH3 is 1. The Bertz CT molecular complexity index is 523. The van der Waals surface area contributed by atoms with E-state index >= 15 is 0 Å². The van der Waals surface area contributed by atoms with Crippen LogP contribution in [0.25, 0.3) is 0 Å². The highest BCUT2D eigenvalue weighted by atomic mass is 16.5. The standard InChI is InChI=1S/C15H18N2O4/c1-21-12-6-4-11(5-7-12)16-13(18)3-2-10-17-14(19)8-9-15(17)20/h4-7H,2-3,8-10H2,1H3,(H,16,18).